The van der Waals surface area contributed by atoms with Gasteiger partial charge in [0.2, 0.25) is 0 Å². The van der Waals surface area contributed by atoms with Gasteiger partial charge in [0.1, 0.15) is 5.82 Å². The Morgan fingerprint density at radius 2 is 1.93 bits per heavy atom. The first-order chi connectivity index (χ1) is 14.2. The van der Waals surface area contributed by atoms with Crippen molar-refractivity contribution < 1.29 is 4.52 Å². The van der Waals surface area contributed by atoms with Gasteiger partial charge in [0.05, 0.1) is 17.8 Å². The first-order valence-corrected chi connectivity index (χ1v) is 9.75. The summed E-state index contributed by atoms with van der Waals surface area (Å²) in [5, 5.41) is 11.7. The maximum atomic E-state index is 5.41. The zero-order valence-corrected chi connectivity index (χ0v) is 16.6. The van der Waals surface area contributed by atoms with Crippen LogP contribution in [0.3, 0.4) is 0 Å². The third-order valence-corrected chi connectivity index (χ3v) is 4.78. The lowest BCUT2D eigenvalue weighted by Crippen LogP contribution is -2.07. The molecule has 7 heteroatoms. The molecule has 0 radical (unpaired) electrons. The summed E-state index contributed by atoms with van der Waals surface area (Å²) in [5.74, 6) is 2.01. The van der Waals surface area contributed by atoms with Crippen molar-refractivity contribution in [3.05, 3.63) is 78.0 Å². The van der Waals surface area contributed by atoms with Gasteiger partial charge in [-0.3, -0.25) is 4.68 Å². The largest absolute Gasteiger partial charge is 0.363 e. The van der Waals surface area contributed by atoms with Gasteiger partial charge in [-0.25, -0.2) is 4.98 Å². The number of nitrogens with zero attached hydrogens (tertiary/aromatic N) is 5. The van der Waals surface area contributed by atoms with Gasteiger partial charge in [0.15, 0.2) is 5.82 Å². The van der Waals surface area contributed by atoms with E-state index in [0.717, 1.165) is 42.0 Å². The second-order valence-electron chi connectivity index (χ2n) is 7.10. The molecule has 0 bridgehead atoms. The van der Waals surface area contributed by atoms with E-state index in [1.54, 1.807) is 10.9 Å². The van der Waals surface area contributed by atoms with E-state index >= 15 is 0 Å². The lowest BCUT2D eigenvalue weighted by atomic mass is 10.1. The first-order valence-electron chi connectivity index (χ1n) is 9.75. The highest BCUT2D eigenvalue weighted by atomic mass is 16.5. The number of anilines is 1. The maximum Gasteiger partial charge on any atom is 0.259 e. The van der Waals surface area contributed by atoms with Crippen LogP contribution < -0.4 is 5.32 Å². The third kappa shape index (κ3) is 4.87. The Balaban J connectivity index is 1.33. The second-order valence-corrected chi connectivity index (χ2v) is 7.10. The highest BCUT2D eigenvalue weighted by molar-refractivity contribution is 5.54. The summed E-state index contributed by atoms with van der Waals surface area (Å²) in [5.41, 5.74) is 3.24. The number of nitrogens with one attached hydrogen (secondary N) is 1. The van der Waals surface area contributed by atoms with E-state index in [0.29, 0.717) is 5.89 Å². The Hall–Kier alpha value is -3.48. The smallest absolute Gasteiger partial charge is 0.259 e. The molecule has 3 heterocycles. The van der Waals surface area contributed by atoms with E-state index in [-0.39, 0.29) is 6.04 Å². The van der Waals surface area contributed by atoms with Crippen molar-refractivity contribution >= 4 is 5.82 Å². The number of aryl methyl sites for hydroxylation is 3. The summed E-state index contributed by atoms with van der Waals surface area (Å²) >= 11 is 0. The van der Waals surface area contributed by atoms with Crippen LogP contribution in [0.5, 0.6) is 0 Å². The molecule has 1 N–H and O–H groups in total. The van der Waals surface area contributed by atoms with Crippen LogP contribution in [0.2, 0.25) is 0 Å². The molecule has 0 aliphatic heterocycles. The summed E-state index contributed by atoms with van der Waals surface area (Å²) in [6, 6.07) is 14.4. The topological polar surface area (TPSA) is 81.7 Å². The van der Waals surface area contributed by atoms with Gasteiger partial charge in [-0.1, -0.05) is 35.5 Å². The van der Waals surface area contributed by atoms with Gasteiger partial charge < -0.3 is 9.84 Å². The lowest BCUT2D eigenvalue weighted by molar-refractivity contribution is 0.421. The lowest BCUT2D eigenvalue weighted by Gasteiger charge is -2.12. The number of benzene rings is 1. The fraction of sp³-hybridized carbons (Fsp3) is 0.273. The van der Waals surface area contributed by atoms with E-state index < -0.39 is 0 Å². The molecule has 0 aliphatic rings. The van der Waals surface area contributed by atoms with Crippen LogP contribution in [0, 0.1) is 0 Å². The minimum atomic E-state index is 0.113. The molecule has 3 aromatic heterocycles. The number of hydrogen-bond donors (Lipinski definition) is 1. The van der Waals surface area contributed by atoms with Crippen molar-refractivity contribution in [1.29, 1.82) is 0 Å². The number of rotatable bonds is 8. The molecule has 0 saturated heterocycles. The minimum absolute atomic E-state index is 0.113. The molecule has 7 nitrogen and oxygen atoms in total. The fourth-order valence-corrected chi connectivity index (χ4v) is 3.14. The van der Waals surface area contributed by atoms with Gasteiger partial charge in [-0.15, -0.1) is 0 Å². The summed E-state index contributed by atoms with van der Waals surface area (Å²) < 4.78 is 7.20. The summed E-state index contributed by atoms with van der Waals surface area (Å²) in [6.07, 6.45) is 8.36. The third-order valence-electron chi connectivity index (χ3n) is 4.78. The minimum Gasteiger partial charge on any atom is -0.363 e. The van der Waals surface area contributed by atoms with Crippen LogP contribution in [0.15, 0.2) is 65.6 Å². The molecule has 0 spiro atoms. The first kappa shape index (κ1) is 18.9. The molecule has 0 saturated carbocycles. The number of hydrogen-bond acceptors (Lipinski definition) is 6. The van der Waals surface area contributed by atoms with Crippen LogP contribution in [-0.4, -0.2) is 24.9 Å². The van der Waals surface area contributed by atoms with Crippen LogP contribution in [0.1, 0.15) is 36.3 Å². The molecule has 4 aromatic rings. The predicted octanol–water partition coefficient (Wildman–Crippen LogP) is 4.21. The van der Waals surface area contributed by atoms with Crippen molar-refractivity contribution in [1.82, 2.24) is 24.9 Å². The van der Waals surface area contributed by atoms with Crippen molar-refractivity contribution in [3.63, 3.8) is 0 Å². The SMILES string of the molecule is C[C@@H](Nc1ccc(-c2nc(CCCc3ccccc3)no2)cn1)c1cnn(C)c1. The van der Waals surface area contributed by atoms with Gasteiger partial charge in [-0.05, 0) is 37.5 Å². The van der Waals surface area contributed by atoms with Crippen molar-refractivity contribution in [2.75, 3.05) is 5.32 Å². The van der Waals surface area contributed by atoms with Crippen LogP contribution >= 0.6 is 0 Å². The van der Waals surface area contributed by atoms with Crippen LogP contribution in [0.25, 0.3) is 11.5 Å². The standard InChI is InChI=1S/C22H24N6O/c1-16(19-14-24-28(2)15-19)25-20-12-11-18(13-23-20)22-26-21(27-29-22)10-6-9-17-7-4-3-5-8-17/h3-5,7-8,11-16H,6,9-10H2,1-2H3,(H,23,25)/t16-/m1/s1. The van der Waals surface area contributed by atoms with Crippen molar-refractivity contribution in [3.8, 4) is 11.5 Å². The Morgan fingerprint density at radius 3 is 2.66 bits per heavy atom. The van der Waals surface area contributed by atoms with Crippen molar-refractivity contribution in [2.45, 2.75) is 32.2 Å². The molecular weight excluding hydrogens is 364 g/mol. The van der Waals surface area contributed by atoms with Crippen LogP contribution in [-0.2, 0) is 19.9 Å². The predicted molar refractivity (Wildman–Crippen MR) is 111 cm³/mol. The van der Waals surface area contributed by atoms with Gasteiger partial charge in [-0.2, -0.15) is 10.1 Å². The molecular formula is C22H24N6O. The Morgan fingerprint density at radius 1 is 1.07 bits per heavy atom. The quantitative estimate of drug-likeness (QED) is 0.487. The van der Waals surface area contributed by atoms with E-state index in [2.05, 4.69) is 56.7 Å². The highest BCUT2D eigenvalue weighted by Crippen LogP contribution is 2.21. The highest BCUT2D eigenvalue weighted by Gasteiger charge is 2.11. The summed E-state index contributed by atoms with van der Waals surface area (Å²) in [7, 11) is 1.91. The fourth-order valence-electron chi connectivity index (χ4n) is 3.14. The summed E-state index contributed by atoms with van der Waals surface area (Å²) in [6.45, 7) is 2.08. The maximum absolute atomic E-state index is 5.41. The van der Waals surface area contributed by atoms with Crippen LogP contribution in [0.4, 0.5) is 5.82 Å². The van der Waals surface area contributed by atoms with E-state index in [4.69, 9.17) is 4.52 Å². The Kier molecular flexibility index (Phi) is 5.65. The van der Waals surface area contributed by atoms with Gasteiger partial charge in [0, 0.05) is 31.4 Å². The molecule has 0 aliphatic carbocycles. The molecule has 0 amide bonds. The Labute approximate surface area is 169 Å². The van der Waals surface area contributed by atoms with E-state index in [9.17, 15) is 0 Å². The number of aromatic nitrogens is 5. The molecule has 1 aromatic carbocycles. The molecule has 1 atom stereocenters. The zero-order valence-electron chi connectivity index (χ0n) is 16.6. The zero-order chi connectivity index (χ0) is 20.1. The molecule has 29 heavy (non-hydrogen) atoms. The van der Waals surface area contributed by atoms with E-state index in [1.807, 2.05) is 37.6 Å². The molecule has 4 rings (SSSR count). The van der Waals surface area contributed by atoms with E-state index in [1.165, 1.54) is 5.56 Å². The number of pyridine rings is 1. The molecule has 148 valence electrons. The molecule has 0 fully saturated rings. The van der Waals surface area contributed by atoms with Gasteiger partial charge in [0.25, 0.3) is 5.89 Å². The average Bonchev–Trinajstić information content (AvgIpc) is 3.39. The second kappa shape index (κ2) is 8.68. The van der Waals surface area contributed by atoms with Gasteiger partial charge >= 0.3 is 0 Å². The normalized spacial score (nSPS) is 12.1. The Bertz CT molecular complexity index is 1040. The molecule has 0 unspecified atom stereocenters. The monoisotopic (exact) mass is 388 g/mol. The van der Waals surface area contributed by atoms with Crippen molar-refractivity contribution in [2.24, 2.45) is 7.05 Å². The summed E-state index contributed by atoms with van der Waals surface area (Å²) in [4.78, 5) is 8.98. The average molecular weight is 388 g/mol.